The molecule has 0 bridgehead atoms. The Balaban J connectivity index is 1.81. The molecule has 6 heteroatoms. The van der Waals surface area contributed by atoms with Crippen molar-refractivity contribution in [3.63, 3.8) is 0 Å². The fourth-order valence-corrected chi connectivity index (χ4v) is 3.85. The van der Waals surface area contributed by atoms with E-state index in [2.05, 4.69) is 5.32 Å². The first-order chi connectivity index (χ1) is 10.6. The summed E-state index contributed by atoms with van der Waals surface area (Å²) in [6, 6.07) is 7.26. The summed E-state index contributed by atoms with van der Waals surface area (Å²) in [5.41, 5.74) is 0.388. The van der Waals surface area contributed by atoms with Gasteiger partial charge in [-0.25, -0.2) is 0 Å². The molecule has 3 aromatic heterocycles. The van der Waals surface area contributed by atoms with Gasteiger partial charge in [0.25, 0.3) is 5.91 Å². The number of carbonyl (C=O) groups is 1. The number of carbonyl (C=O) groups excluding carboxylic acids is 1. The third kappa shape index (κ3) is 2.85. The molecular formula is C16H15NO3S2. The molecule has 0 aromatic carbocycles. The lowest BCUT2D eigenvalue weighted by Gasteiger charge is -2.26. The van der Waals surface area contributed by atoms with Crippen molar-refractivity contribution in [2.45, 2.75) is 12.5 Å². The highest BCUT2D eigenvalue weighted by atomic mass is 32.1. The van der Waals surface area contributed by atoms with Crippen molar-refractivity contribution in [1.82, 2.24) is 5.32 Å². The van der Waals surface area contributed by atoms with E-state index >= 15 is 0 Å². The van der Waals surface area contributed by atoms with E-state index in [9.17, 15) is 9.90 Å². The van der Waals surface area contributed by atoms with Gasteiger partial charge in [0.2, 0.25) is 0 Å². The zero-order valence-electron chi connectivity index (χ0n) is 11.9. The van der Waals surface area contributed by atoms with Crippen LogP contribution in [-0.4, -0.2) is 17.6 Å². The van der Waals surface area contributed by atoms with Crippen molar-refractivity contribution in [2.24, 2.45) is 0 Å². The van der Waals surface area contributed by atoms with E-state index in [1.165, 1.54) is 35.2 Å². The van der Waals surface area contributed by atoms with Crippen LogP contribution in [0.25, 0.3) is 0 Å². The van der Waals surface area contributed by atoms with E-state index in [0.29, 0.717) is 10.4 Å². The molecule has 114 valence electrons. The second kappa shape index (κ2) is 6.08. The van der Waals surface area contributed by atoms with Gasteiger partial charge in [-0.2, -0.15) is 0 Å². The van der Waals surface area contributed by atoms with Gasteiger partial charge in [-0.15, -0.1) is 22.7 Å². The Kier molecular flexibility index (Phi) is 4.15. The minimum atomic E-state index is -1.29. The maximum atomic E-state index is 12.2. The van der Waals surface area contributed by atoms with Crippen LogP contribution in [0.15, 0.2) is 52.0 Å². The fraction of sp³-hybridized carbons (Fsp3) is 0.188. The molecule has 1 atom stereocenters. The van der Waals surface area contributed by atoms with Crippen LogP contribution in [-0.2, 0) is 5.60 Å². The number of aryl methyl sites for hydroxylation is 1. The van der Waals surface area contributed by atoms with Gasteiger partial charge in [0.15, 0.2) is 0 Å². The predicted octanol–water partition coefficient (Wildman–Crippen LogP) is 3.38. The minimum Gasteiger partial charge on any atom is -0.472 e. The standard InChI is InChI=1S/C16H15NO3S2/c1-11-7-13(22-9-11)15(18)17-10-16(19,12-4-5-20-8-12)14-3-2-6-21-14/h2-9,19H,10H2,1H3,(H,17,18). The summed E-state index contributed by atoms with van der Waals surface area (Å²) in [5, 5.41) is 17.7. The van der Waals surface area contributed by atoms with Crippen molar-refractivity contribution in [1.29, 1.82) is 0 Å². The van der Waals surface area contributed by atoms with Crippen molar-refractivity contribution in [2.75, 3.05) is 6.54 Å². The van der Waals surface area contributed by atoms with E-state index in [1.54, 1.807) is 6.07 Å². The highest BCUT2D eigenvalue weighted by Crippen LogP contribution is 2.32. The van der Waals surface area contributed by atoms with E-state index in [4.69, 9.17) is 4.42 Å². The molecule has 4 nitrogen and oxygen atoms in total. The molecule has 2 N–H and O–H groups in total. The van der Waals surface area contributed by atoms with Gasteiger partial charge in [0.1, 0.15) is 5.60 Å². The summed E-state index contributed by atoms with van der Waals surface area (Å²) >= 11 is 2.83. The molecule has 0 saturated carbocycles. The number of furan rings is 1. The van der Waals surface area contributed by atoms with Gasteiger partial charge in [-0.1, -0.05) is 6.07 Å². The molecule has 3 heterocycles. The average Bonchev–Trinajstić information content (AvgIpc) is 3.24. The molecule has 3 aromatic rings. The van der Waals surface area contributed by atoms with E-state index in [-0.39, 0.29) is 12.5 Å². The van der Waals surface area contributed by atoms with Crippen molar-refractivity contribution >= 4 is 28.6 Å². The second-order valence-electron chi connectivity index (χ2n) is 5.02. The van der Waals surface area contributed by atoms with Crippen LogP contribution in [0.5, 0.6) is 0 Å². The first-order valence-corrected chi connectivity index (χ1v) is 8.48. The van der Waals surface area contributed by atoms with Gasteiger partial charge in [0, 0.05) is 10.4 Å². The SMILES string of the molecule is Cc1csc(C(=O)NCC(O)(c2ccoc2)c2cccs2)c1. The maximum Gasteiger partial charge on any atom is 0.261 e. The van der Waals surface area contributed by atoms with Crippen LogP contribution in [0.4, 0.5) is 0 Å². The normalized spacial score (nSPS) is 13.7. The molecule has 3 rings (SSSR count). The Labute approximate surface area is 136 Å². The molecule has 0 aliphatic heterocycles. The fourth-order valence-electron chi connectivity index (χ4n) is 2.19. The summed E-state index contributed by atoms with van der Waals surface area (Å²) in [6.45, 7) is 2.03. The van der Waals surface area contributed by atoms with Crippen LogP contribution >= 0.6 is 22.7 Å². The summed E-state index contributed by atoms with van der Waals surface area (Å²) < 4.78 is 5.09. The zero-order chi connectivity index (χ0) is 15.6. The third-order valence-electron chi connectivity index (χ3n) is 3.39. The Bertz CT molecular complexity index is 710. The molecule has 0 fully saturated rings. The zero-order valence-corrected chi connectivity index (χ0v) is 13.5. The number of amides is 1. The minimum absolute atomic E-state index is 0.0861. The van der Waals surface area contributed by atoms with Crippen LogP contribution in [0.1, 0.15) is 25.7 Å². The second-order valence-corrected chi connectivity index (χ2v) is 6.88. The molecule has 0 aliphatic rings. The lowest BCUT2D eigenvalue weighted by atomic mass is 9.94. The van der Waals surface area contributed by atoms with Crippen LogP contribution in [0, 0.1) is 6.92 Å². The van der Waals surface area contributed by atoms with E-state index in [1.807, 2.05) is 35.9 Å². The number of nitrogens with one attached hydrogen (secondary N) is 1. The summed E-state index contributed by atoms with van der Waals surface area (Å²) in [6.07, 6.45) is 3.01. The van der Waals surface area contributed by atoms with E-state index < -0.39 is 5.60 Å². The Morgan fingerprint density at radius 3 is 2.86 bits per heavy atom. The highest BCUT2D eigenvalue weighted by Gasteiger charge is 2.34. The number of hydrogen-bond donors (Lipinski definition) is 2. The molecular weight excluding hydrogens is 318 g/mol. The molecule has 0 spiro atoms. The molecule has 22 heavy (non-hydrogen) atoms. The molecule has 1 amide bonds. The third-order valence-corrected chi connectivity index (χ3v) is 5.45. The van der Waals surface area contributed by atoms with Gasteiger partial charge < -0.3 is 14.8 Å². The van der Waals surface area contributed by atoms with Crippen molar-refractivity contribution in [3.05, 3.63) is 68.4 Å². The smallest absolute Gasteiger partial charge is 0.261 e. The molecule has 0 radical (unpaired) electrons. The number of hydrogen-bond acceptors (Lipinski definition) is 5. The van der Waals surface area contributed by atoms with Gasteiger partial charge in [-0.05, 0) is 41.4 Å². The van der Waals surface area contributed by atoms with Gasteiger partial charge in [0.05, 0.1) is 23.9 Å². The van der Waals surface area contributed by atoms with Crippen LogP contribution in [0.2, 0.25) is 0 Å². The average molecular weight is 333 g/mol. The van der Waals surface area contributed by atoms with Crippen LogP contribution in [0.3, 0.4) is 0 Å². The molecule has 0 aliphatic carbocycles. The van der Waals surface area contributed by atoms with E-state index in [0.717, 1.165) is 10.4 Å². The highest BCUT2D eigenvalue weighted by molar-refractivity contribution is 7.12. The monoisotopic (exact) mass is 333 g/mol. The number of aliphatic hydroxyl groups is 1. The first-order valence-electron chi connectivity index (χ1n) is 6.72. The number of thiophene rings is 2. The quantitative estimate of drug-likeness (QED) is 0.752. The van der Waals surface area contributed by atoms with Gasteiger partial charge in [-0.3, -0.25) is 4.79 Å². The largest absolute Gasteiger partial charge is 0.472 e. The lowest BCUT2D eigenvalue weighted by Crippen LogP contribution is -2.40. The predicted molar refractivity (Wildman–Crippen MR) is 87.4 cm³/mol. The molecule has 1 unspecified atom stereocenters. The van der Waals surface area contributed by atoms with Crippen LogP contribution < -0.4 is 5.32 Å². The summed E-state index contributed by atoms with van der Waals surface area (Å²) in [7, 11) is 0. The Hall–Kier alpha value is -1.89. The van der Waals surface area contributed by atoms with Gasteiger partial charge >= 0.3 is 0 Å². The van der Waals surface area contributed by atoms with Crippen molar-refractivity contribution in [3.8, 4) is 0 Å². The van der Waals surface area contributed by atoms with Crippen molar-refractivity contribution < 1.29 is 14.3 Å². The lowest BCUT2D eigenvalue weighted by molar-refractivity contribution is 0.0716. The first kappa shape index (κ1) is 15.0. The Morgan fingerprint density at radius 1 is 1.41 bits per heavy atom. The maximum absolute atomic E-state index is 12.2. The topological polar surface area (TPSA) is 62.5 Å². The number of rotatable bonds is 5. The Morgan fingerprint density at radius 2 is 2.27 bits per heavy atom. The molecule has 0 saturated heterocycles. The summed E-state index contributed by atoms with van der Waals surface area (Å²) in [4.78, 5) is 13.6. The summed E-state index contributed by atoms with van der Waals surface area (Å²) in [5.74, 6) is -0.184.